The molecule has 3 aromatic heterocycles. The summed E-state index contributed by atoms with van der Waals surface area (Å²) in [4.78, 5) is 7.86. The Bertz CT molecular complexity index is 739. The van der Waals surface area contributed by atoms with Crippen molar-refractivity contribution < 1.29 is 0 Å². The summed E-state index contributed by atoms with van der Waals surface area (Å²) in [5, 5.41) is 8.03. The van der Waals surface area contributed by atoms with Gasteiger partial charge in [-0.3, -0.25) is 0 Å². The average molecular weight is 328 g/mol. The predicted molar refractivity (Wildman–Crippen MR) is 103 cm³/mol. The molecule has 0 aliphatic carbocycles. The summed E-state index contributed by atoms with van der Waals surface area (Å²) in [7, 11) is 0. The molecular weight excluding hydrogens is 300 g/mol. The highest BCUT2D eigenvalue weighted by Gasteiger charge is 1.97. The fourth-order valence-corrected chi connectivity index (χ4v) is 1.67. The summed E-state index contributed by atoms with van der Waals surface area (Å²) in [6, 6.07) is 3.73. The molecule has 0 radical (unpaired) electrons. The molecule has 0 aliphatic rings. The van der Waals surface area contributed by atoms with Gasteiger partial charge in [0, 0.05) is 30.4 Å². The number of aromatic nitrogens is 5. The van der Waals surface area contributed by atoms with Crippen molar-refractivity contribution in [1.82, 2.24) is 24.4 Å². The standard InChI is InChI=1S/C7H7N3.C7H9N3.2C2H6/c1-6-2-3-9-10-5-4-8-7(6)10;1-6(2)10-7(8-3)4-5-9-10;2*1-2/h2-5H,1H3;4-5H,1,3H2,2H3;2*1-2H3. The minimum absolute atomic E-state index is 0.729. The van der Waals surface area contributed by atoms with Gasteiger partial charge < -0.3 is 0 Å². The van der Waals surface area contributed by atoms with Gasteiger partial charge >= 0.3 is 0 Å². The Morgan fingerprint density at radius 2 is 1.67 bits per heavy atom. The lowest BCUT2D eigenvalue weighted by atomic mass is 10.3. The number of hydrogen-bond donors (Lipinski definition) is 0. The molecule has 0 atom stereocenters. The van der Waals surface area contributed by atoms with Gasteiger partial charge in [-0.15, -0.1) is 0 Å². The number of allylic oxidation sites excluding steroid dienone is 1. The van der Waals surface area contributed by atoms with Crippen LogP contribution in [0.15, 0.2) is 48.5 Å². The van der Waals surface area contributed by atoms with Crippen LogP contribution < -0.4 is 0 Å². The monoisotopic (exact) mass is 328 g/mol. The number of fused-ring (bicyclic) bond motifs is 1. The molecule has 6 heteroatoms. The predicted octanol–water partition coefficient (Wildman–Crippen LogP) is 4.80. The first-order chi connectivity index (χ1) is 11.6. The first-order valence-corrected chi connectivity index (χ1v) is 8.05. The molecule has 0 saturated heterocycles. The first-order valence-electron chi connectivity index (χ1n) is 8.05. The van der Waals surface area contributed by atoms with E-state index >= 15 is 0 Å². The maximum Gasteiger partial charge on any atom is 0.156 e. The van der Waals surface area contributed by atoms with Gasteiger partial charge in [-0.25, -0.2) is 19.2 Å². The van der Waals surface area contributed by atoms with Crippen molar-refractivity contribution >= 4 is 23.9 Å². The third-order valence-corrected chi connectivity index (χ3v) is 2.64. The molecular formula is C18H28N6. The summed E-state index contributed by atoms with van der Waals surface area (Å²) < 4.78 is 3.39. The molecule has 3 rings (SSSR count). The number of aliphatic imine (C=N–C) groups is 1. The lowest BCUT2D eigenvalue weighted by molar-refractivity contribution is 0.899. The van der Waals surface area contributed by atoms with Gasteiger partial charge in [0.25, 0.3) is 0 Å². The van der Waals surface area contributed by atoms with Gasteiger partial charge in [0.1, 0.15) is 0 Å². The smallest absolute Gasteiger partial charge is 0.156 e. The maximum absolute atomic E-state index is 4.12. The largest absolute Gasteiger partial charge is 0.245 e. The first kappa shape index (κ1) is 21.2. The van der Waals surface area contributed by atoms with Crippen LogP contribution in [0.5, 0.6) is 0 Å². The maximum atomic E-state index is 4.12. The van der Waals surface area contributed by atoms with Crippen molar-refractivity contribution in [3.8, 4) is 0 Å². The number of imidazole rings is 1. The molecule has 0 spiro atoms. The van der Waals surface area contributed by atoms with Gasteiger partial charge in [-0.05, 0) is 32.2 Å². The molecule has 3 aromatic rings. The van der Waals surface area contributed by atoms with Gasteiger partial charge in [0.05, 0.1) is 6.20 Å². The second-order valence-electron chi connectivity index (χ2n) is 4.20. The van der Waals surface area contributed by atoms with Crippen LogP contribution in [0, 0.1) is 6.92 Å². The van der Waals surface area contributed by atoms with E-state index in [1.54, 1.807) is 33.9 Å². The second kappa shape index (κ2) is 11.8. The van der Waals surface area contributed by atoms with E-state index in [2.05, 4.69) is 33.5 Å². The summed E-state index contributed by atoms with van der Waals surface area (Å²) in [6.45, 7) is 19.0. The summed E-state index contributed by atoms with van der Waals surface area (Å²) in [5.74, 6) is 0.729. The highest BCUT2D eigenvalue weighted by molar-refractivity contribution is 5.49. The Morgan fingerprint density at radius 3 is 2.17 bits per heavy atom. The van der Waals surface area contributed by atoms with E-state index in [0.29, 0.717) is 0 Å². The summed E-state index contributed by atoms with van der Waals surface area (Å²) >= 11 is 0. The molecule has 0 bridgehead atoms. The minimum atomic E-state index is 0.729. The van der Waals surface area contributed by atoms with E-state index in [4.69, 9.17) is 0 Å². The topological polar surface area (TPSA) is 60.4 Å². The van der Waals surface area contributed by atoms with Crippen LogP contribution >= 0.6 is 0 Å². The highest BCUT2D eigenvalue weighted by atomic mass is 15.3. The molecule has 24 heavy (non-hydrogen) atoms. The van der Waals surface area contributed by atoms with E-state index < -0.39 is 0 Å². The fraction of sp³-hybridized carbons (Fsp3) is 0.333. The zero-order valence-corrected chi connectivity index (χ0v) is 15.6. The van der Waals surface area contributed by atoms with Crippen LogP contribution in [0.3, 0.4) is 0 Å². The molecule has 0 saturated carbocycles. The van der Waals surface area contributed by atoms with Crippen molar-refractivity contribution in [3.63, 3.8) is 0 Å². The molecule has 0 aliphatic heterocycles. The van der Waals surface area contributed by atoms with E-state index in [0.717, 1.165) is 22.7 Å². The van der Waals surface area contributed by atoms with Crippen LogP contribution in [0.25, 0.3) is 11.3 Å². The van der Waals surface area contributed by atoms with Crippen molar-refractivity contribution in [1.29, 1.82) is 0 Å². The molecule has 0 aromatic carbocycles. The highest BCUT2D eigenvalue weighted by Crippen LogP contribution is 2.12. The lowest BCUT2D eigenvalue weighted by Crippen LogP contribution is -1.92. The molecule has 3 heterocycles. The van der Waals surface area contributed by atoms with Gasteiger partial charge in [-0.2, -0.15) is 10.2 Å². The Kier molecular flexibility index (Phi) is 10.4. The van der Waals surface area contributed by atoms with Gasteiger partial charge in [0.2, 0.25) is 0 Å². The zero-order chi connectivity index (χ0) is 18.5. The van der Waals surface area contributed by atoms with Crippen molar-refractivity contribution in [3.05, 3.63) is 49.1 Å². The average Bonchev–Trinajstić information content (AvgIpc) is 3.28. The summed E-state index contributed by atoms with van der Waals surface area (Å²) in [6.07, 6.45) is 7.01. The summed E-state index contributed by atoms with van der Waals surface area (Å²) in [5.41, 5.74) is 2.93. The fourth-order valence-electron chi connectivity index (χ4n) is 1.67. The molecule has 0 unspecified atom stereocenters. The van der Waals surface area contributed by atoms with Gasteiger partial charge in [-0.1, -0.05) is 34.3 Å². The quantitative estimate of drug-likeness (QED) is 0.635. The lowest BCUT2D eigenvalue weighted by Gasteiger charge is -1.99. The third kappa shape index (κ3) is 5.79. The SMILES string of the molecule is C=Nc1ccnn1C(=C)C.CC.CC.Cc1ccnn2ccnc12. The molecule has 6 nitrogen and oxygen atoms in total. The molecule has 0 fully saturated rings. The van der Waals surface area contributed by atoms with Crippen LogP contribution in [0.2, 0.25) is 0 Å². The van der Waals surface area contributed by atoms with E-state index in [-0.39, 0.29) is 0 Å². The van der Waals surface area contributed by atoms with E-state index in [1.807, 2.05) is 53.8 Å². The van der Waals surface area contributed by atoms with Crippen molar-refractivity contribution in [2.45, 2.75) is 41.5 Å². The van der Waals surface area contributed by atoms with Crippen LogP contribution in [-0.2, 0) is 0 Å². The van der Waals surface area contributed by atoms with Gasteiger partial charge in [0.15, 0.2) is 11.5 Å². The Hall–Kier alpha value is -2.76. The van der Waals surface area contributed by atoms with Crippen LogP contribution in [-0.4, -0.2) is 31.1 Å². The van der Waals surface area contributed by atoms with E-state index in [9.17, 15) is 0 Å². The number of nitrogens with zero attached hydrogens (tertiary/aromatic N) is 6. The third-order valence-electron chi connectivity index (χ3n) is 2.64. The molecule has 0 amide bonds. The Morgan fingerprint density at radius 1 is 1.04 bits per heavy atom. The number of rotatable bonds is 2. The Balaban J connectivity index is 0.000000366. The number of aryl methyl sites for hydroxylation is 1. The van der Waals surface area contributed by atoms with E-state index in [1.165, 1.54) is 0 Å². The van der Waals surface area contributed by atoms with Crippen molar-refractivity contribution in [2.24, 2.45) is 4.99 Å². The van der Waals surface area contributed by atoms with Crippen LogP contribution in [0.1, 0.15) is 40.2 Å². The number of hydrogen-bond acceptors (Lipinski definition) is 4. The normalized spacial score (nSPS) is 8.75. The zero-order valence-electron chi connectivity index (χ0n) is 15.6. The molecule has 130 valence electrons. The minimum Gasteiger partial charge on any atom is -0.245 e. The second-order valence-corrected chi connectivity index (χ2v) is 4.20. The Labute approximate surface area is 144 Å². The van der Waals surface area contributed by atoms with Crippen LogP contribution in [0.4, 0.5) is 5.82 Å². The molecule has 0 N–H and O–H groups in total. The van der Waals surface area contributed by atoms with Crippen molar-refractivity contribution in [2.75, 3.05) is 0 Å².